The molecule has 6 heteroatoms. The molecule has 2 heterocycles. The number of thioether (sulfide) groups is 1. The standard InChI is InChI=1S/C13H18N2O3S/c1-7-5-8(9(6-7)13(16)17)12-14-11(15-18-12)10-3-2-4-19-10/h7-10H,2-6H2,1H3,(H,16,17). The van der Waals surface area contributed by atoms with Crippen molar-refractivity contribution in [1.29, 1.82) is 0 Å². The molecule has 0 radical (unpaired) electrons. The normalized spacial score (nSPS) is 34.8. The zero-order chi connectivity index (χ0) is 13.4. The second kappa shape index (κ2) is 5.15. The van der Waals surface area contributed by atoms with Gasteiger partial charge in [-0.1, -0.05) is 12.1 Å². The monoisotopic (exact) mass is 282 g/mol. The van der Waals surface area contributed by atoms with E-state index in [-0.39, 0.29) is 11.8 Å². The highest BCUT2D eigenvalue weighted by molar-refractivity contribution is 7.99. The molecule has 1 saturated carbocycles. The second-order valence-corrected chi connectivity index (χ2v) is 6.93. The first kappa shape index (κ1) is 13.0. The topological polar surface area (TPSA) is 76.2 Å². The minimum absolute atomic E-state index is 0.111. The summed E-state index contributed by atoms with van der Waals surface area (Å²) >= 11 is 1.86. The van der Waals surface area contributed by atoms with Gasteiger partial charge in [0.05, 0.1) is 17.1 Å². The Morgan fingerprint density at radius 2 is 2.32 bits per heavy atom. The number of nitrogens with zero attached hydrogens (tertiary/aromatic N) is 2. The third kappa shape index (κ3) is 2.50. The lowest BCUT2D eigenvalue weighted by Crippen LogP contribution is -2.17. The van der Waals surface area contributed by atoms with Gasteiger partial charge in [-0.3, -0.25) is 4.79 Å². The minimum Gasteiger partial charge on any atom is -0.481 e. The van der Waals surface area contributed by atoms with Crippen LogP contribution in [0.25, 0.3) is 0 Å². The molecule has 1 aromatic heterocycles. The molecule has 19 heavy (non-hydrogen) atoms. The Morgan fingerprint density at radius 1 is 1.47 bits per heavy atom. The Hall–Kier alpha value is -1.04. The van der Waals surface area contributed by atoms with E-state index < -0.39 is 5.97 Å². The van der Waals surface area contributed by atoms with Crippen molar-refractivity contribution in [3.63, 3.8) is 0 Å². The van der Waals surface area contributed by atoms with E-state index in [0.717, 1.165) is 24.4 Å². The third-order valence-electron chi connectivity index (χ3n) is 4.11. The predicted molar refractivity (Wildman–Crippen MR) is 71.0 cm³/mol. The Kier molecular flexibility index (Phi) is 3.52. The lowest BCUT2D eigenvalue weighted by Gasteiger charge is -2.10. The number of carboxylic acids is 1. The molecule has 104 valence electrons. The van der Waals surface area contributed by atoms with Crippen molar-refractivity contribution in [3.05, 3.63) is 11.7 Å². The van der Waals surface area contributed by atoms with Gasteiger partial charge in [0.25, 0.3) is 0 Å². The van der Waals surface area contributed by atoms with Crippen molar-refractivity contribution in [2.24, 2.45) is 11.8 Å². The molecule has 1 saturated heterocycles. The first-order chi connectivity index (χ1) is 9.15. The molecule has 2 fully saturated rings. The Balaban J connectivity index is 1.79. The van der Waals surface area contributed by atoms with Crippen LogP contribution in [0.5, 0.6) is 0 Å². The van der Waals surface area contributed by atoms with Crippen LogP contribution < -0.4 is 0 Å². The smallest absolute Gasteiger partial charge is 0.307 e. The molecule has 0 amide bonds. The minimum atomic E-state index is -0.746. The predicted octanol–water partition coefficient (Wildman–Crippen LogP) is 2.85. The molecular formula is C13H18N2O3S. The van der Waals surface area contributed by atoms with Gasteiger partial charge < -0.3 is 9.63 Å². The highest BCUT2D eigenvalue weighted by atomic mass is 32.2. The van der Waals surface area contributed by atoms with Crippen molar-refractivity contribution in [2.75, 3.05) is 5.75 Å². The van der Waals surface area contributed by atoms with Crippen LogP contribution in [-0.4, -0.2) is 27.0 Å². The van der Waals surface area contributed by atoms with Crippen molar-refractivity contribution in [1.82, 2.24) is 10.1 Å². The van der Waals surface area contributed by atoms with E-state index in [0.29, 0.717) is 23.5 Å². The molecule has 1 aliphatic carbocycles. The average molecular weight is 282 g/mol. The maximum atomic E-state index is 11.3. The average Bonchev–Trinajstić information content (AvgIpc) is 3.07. The fourth-order valence-corrected chi connectivity index (χ4v) is 4.34. The summed E-state index contributed by atoms with van der Waals surface area (Å²) in [5, 5.41) is 13.7. The van der Waals surface area contributed by atoms with Crippen molar-refractivity contribution in [2.45, 2.75) is 43.8 Å². The lowest BCUT2D eigenvalue weighted by molar-refractivity contribution is -0.142. The molecule has 2 aliphatic rings. The first-order valence-electron chi connectivity index (χ1n) is 6.83. The molecule has 1 aromatic rings. The zero-order valence-corrected chi connectivity index (χ0v) is 11.7. The van der Waals surface area contributed by atoms with Crippen LogP contribution in [0, 0.1) is 11.8 Å². The van der Waals surface area contributed by atoms with Gasteiger partial charge in [0.15, 0.2) is 5.82 Å². The fourth-order valence-electron chi connectivity index (χ4n) is 3.15. The second-order valence-electron chi connectivity index (χ2n) is 5.62. The summed E-state index contributed by atoms with van der Waals surface area (Å²) in [6.45, 7) is 2.08. The third-order valence-corrected chi connectivity index (χ3v) is 5.48. The van der Waals surface area contributed by atoms with E-state index in [1.54, 1.807) is 0 Å². The zero-order valence-electron chi connectivity index (χ0n) is 10.9. The van der Waals surface area contributed by atoms with Crippen LogP contribution >= 0.6 is 11.8 Å². The summed E-state index contributed by atoms with van der Waals surface area (Å²) in [6.07, 6.45) is 3.82. The molecule has 1 aliphatic heterocycles. The van der Waals surface area contributed by atoms with Crippen molar-refractivity contribution >= 4 is 17.7 Å². The van der Waals surface area contributed by atoms with Crippen molar-refractivity contribution in [3.8, 4) is 0 Å². The molecule has 4 atom stereocenters. The maximum Gasteiger partial charge on any atom is 0.307 e. The summed E-state index contributed by atoms with van der Waals surface area (Å²) in [7, 11) is 0. The van der Waals surface area contributed by atoms with Gasteiger partial charge in [0.2, 0.25) is 5.89 Å². The van der Waals surface area contributed by atoms with Crippen LogP contribution in [0.2, 0.25) is 0 Å². The number of hydrogen-bond donors (Lipinski definition) is 1. The van der Waals surface area contributed by atoms with Crippen molar-refractivity contribution < 1.29 is 14.4 Å². The quantitative estimate of drug-likeness (QED) is 0.918. The van der Waals surface area contributed by atoms with Crippen LogP contribution in [0.1, 0.15) is 55.5 Å². The lowest BCUT2D eigenvalue weighted by atomic mass is 9.96. The molecular weight excluding hydrogens is 264 g/mol. The summed E-state index contributed by atoms with van der Waals surface area (Å²) in [6, 6.07) is 0. The van der Waals surface area contributed by atoms with E-state index in [1.165, 1.54) is 6.42 Å². The van der Waals surface area contributed by atoms with Gasteiger partial charge in [-0.15, -0.1) is 0 Å². The Morgan fingerprint density at radius 3 is 3.00 bits per heavy atom. The molecule has 0 spiro atoms. The highest BCUT2D eigenvalue weighted by Gasteiger charge is 2.41. The van der Waals surface area contributed by atoms with Gasteiger partial charge in [-0.25, -0.2) is 0 Å². The Labute approximate surface area is 116 Å². The first-order valence-corrected chi connectivity index (χ1v) is 7.88. The molecule has 0 aromatic carbocycles. The number of hydrogen-bond acceptors (Lipinski definition) is 5. The number of carbonyl (C=O) groups is 1. The summed E-state index contributed by atoms with van der Waals surface area (Å²) < 4.78 is 5.35. The van der Waals surface area contributed by atoms with Gasteiger partial charge in [0, 0.05) is 0 Å². The van der Waals surface area contributed by atoms with E-state index >= 15 is 0 Å². The fraction of sp³-hybridized carbons (Fsp3) is 0.769. The van der Waals surface area contributed by atoms with Crippen LogP contribution in [0.3, 0.4) is 0 Å². The number of aromatic nitrogens is 2. The number of rotatable bonds is 3. The van der Waals surface area contributed by atoms with Gasteiger partial charge >= 0.3 is 5.97 Å². The summed E-state index contributed by atoms with van der Waals surface area (Å²) in [4.78, 5) is 15.8. The van der Waals surface area contributed by atoms with Gasteiger partial charge in [-0.2, -0.15) is 16.7 Å². The molecule has 4 unspecified atom stereocenters. The van der Waals surface area contributed by atoms with Crippen LogP contribution in [0.4, 0.5) is 0 Å². The molecule has 0 bridgehead atoms. The maximum absolute atomic E-state index is 11.3. The highest BCUT2D eigenvalue weighted by Crippen LogP contribution is 2.44. The Bertz CT molecular complexity index is 470. The van der Waals surface area contributed by atoms with Crippen LogP contribution in [-0.2, 0) is 4.79 Å². The summed E-state index contributed by atoms with van der Waals surface area (Å²) in [5.41, 5.74) is 0. The number of carboxylic acid groups (broad SMARTS) is 1. The van der Waals surface area contributed by atoms with Gasteiger partial charge in [-0.05, 0) is 37.4 Å². The van der Waals surface area contributed by atoms with Crippen LogP contribution in [0.15, 0.2) is 4.52 Å². The van der Waals surface area contributed by atoms with E-state index in [1.807, 2.05) is 11.8 Å². The molecule has 1 N–H and O–H groups in total. The largest absolute Gasteiger partial charge is 0.481 e. The summed E-state index contributed by atoms with van der Waals surface area (Å²) in [5.74, 6) is 1.60. The number of aliphatic carboxylic acids is 1. The van der Waals surface area contributed by atoms with E-state index in [2.05, 4.69) is 17.1 Å². The molecule has 3 rings (SSSR count). The van der Waals surface area contributed by atoms with E-state index in [4.69, 9.17) is 4.52 Å². The SMILES string of the molecule is CC1CC(C(=O)O)C(c2nc(C3CCCS3)no2)C1. The van der Waals surface area contributed by atoms with Gasteiger partial charge in [0.1, 0.15) is 0 Å². The van der Waals surface area contributed by atoms with E-state index in [9.17, 15) is 9.90 Å². The molecule has 5 nitrogen and oxygen atoms in total.